The first-order chi connectivity index (χ1) is 8.60. The van der Waals surface area contributed by atoms with Gasteiger partial charge in [0.15, 0.2) is 6.17 Å². The summed E-state index contributed by atoms with van der Waals surface area (Å²) in [5.74, 6) is 6.08. The Bertz CT molecular complexity index is 361. The Labute approximate surface area is 108 Å². The van der Waals surface area contributed by atoms with Gasteiger partial charge in [0.25, 0.3) is 0 Å². The van der Waals surface area contributed by atoms with Crippen LogP contribution in [-0.2, 0) is 9.47 Å². The number of hydrogen-bond acceptors (Lipinski definition) is 6. The second kappa shape index (κ2) is 5.14. The highest BCUT2D eigenvalue weighted by Crippen LogP contribution is 2.41. The maximum Gasteiger partial charge on any atom is 0.318 e. The minimum Gasteiger partial charge on any atom is -0.467 e. The predicted octanol–water partition coefficient (Wildman–Crippen LogP) is 1.48. The van der Waals surface area contributed by atoms with Crippen LogP contribution in [0.3, 0.4) is 0 Å². The van der Waals surface area contributed by atoms with Crippen LogP contribution in [0.4, 0.5) is 0 Å². The second-order valence-electron chi connectivity index (χ2n) is 5.21. The molecular weight excluding hydrogens is 232 g/mol. The van der Waals surface area contributed by atoms with Crippen molar-refractivity contribution in [1.29, 1.82) is 0 Å². The molecule has 1 saturated carbocycles. The fourth-order valence-corrected chi connectivity index (χ4v) is 2.80. The number of amidine groups is 2. The zero-order valence-electron chi connectivity index (χ0n) is 11.3. The molecule has 6 nitrogen and oxygen atoms in total. The maximum atomic E-state index is 6.08. The third-order valence-corrected chi connectivity index (χ3v) is 3.89. The molecule has 0 aromatic carbocycles. The number of nitrogens with zero attached hydrogens (tertiary/aromatic N) is 3. The van der Waals surface area contributed by atoms with Crippen LogP contribution in [0.5, 0.6) is 0 Å². The van der Waals surface area contributed by atoms with Crippen molar-refractivity contribution >= 4 is 12.0 Å². The second-order valence-corrected chi connectivity index (χ2v) is 5.21. The summed E-state index contributed by atoms with van der Waals surface area (Å²) in [4.78, 5) is 8.60. The summed E-state index contributed by atoms with van der Waals surface area (Å²) in [6, 6.07) is 0.698. The summed E-state index contributed by atoms with van der Waals surface area (Å²) >= 11 is 0. The Morgan fingerprint density at radius 1 is 1.22 bits per heavy atom. The van der Waals surface area contributed by atoms with Crippen LogP contribution in [0.1, 0.15) is 39.0 Å². The molecule has 1 unspecified atom stereocenters. The van der Waals surface area contributed by atoms with Crippen LogP contribution in [0.25, 0.3) is 0 Å². The molecule has 18 heavy (non-hydrogen) atoms. The van der Waals surface area contributed by atoms with Gasteiger partial charge in [-0.05, 0) is 12.8 Å². The Kier molecular flexibility index (Phi) is 3.75. The van der Waals surface area contributed by atoms with Crippen molar-refractivity contribution in [3.05, 3.63) is 0 Å². The first-order valence-corrected chi connectivity index (χ1v) is 6.39. The van der Waals surface area contributed by atoms with E-state index >= 15 is 0 Å². The van der Waals surface area contributed by atoms with Crippen molar-refractivity contribution in [2.75, 3.05) is 14.2 Å². The predicted molar refractivity (Wildman–Crippen MR) is 69.9 cm³/mol. The van der Waals surface area contributed by atoms with Gasteiger partial charge in [-0.15, -0.1) is 4.99 Å². The Morgan fingerprint density at radius 3 is 2.44 bits per heavy atom. The van der Waals surface area contributed by atoms with Crippen molar-refractivity contribution in [1.82, 2.24) is 5.01 Å². The molecule has 6 heteroatoms. The molecule has 2 rings (SSSR count). The minimum atomic E-state index is -0.166. The third kappa shape index (κ3) is 2.29. The van der Waals surface area contributed by atoms with Gasteiger partial charge < -0.3 is 9.47 Å². The lowest BCUT2D eigenvalue weighted by molar-refractivity contribution is 0.0709. The van der Waals surface area contributed by atoms with Crippen molar-refractivity contribution in [3.8, 4) is 0 Å². The molecule has 1 aliphatic carbocycles. The van der Waals surface area contributed by atoms with E-state index in [0.29, 0.717) is 12.0 Å². The van der Waals surface area contributed by atoms with E-state index in [2.05, 4.69) is 16.9 Å². The van der Waals surface area contributed by atoms with E-state index in [1.807, 2.05) is 0 Å². The molecule has 0 saturated heterocycles. The Hall–Kier alpha value is -1.30. The summed E-state index contributed by atoms with van der Waals surface area (Å²) in [6.45, 7) is 2.23. The van der Waals surface area contributed by atoms with E-state index in [-0.39, 0.29) is 11.6 Å². The summed E-state index contributed by atoms with van der Waals surface area (Å²) in [6.07, 6.45) is 5.79. The Balaban J connectivity index is 2.26. The van der Waals surface area contributed by atoms with E-state index in [4.69, 9.17) is 15.3 Å². The van der Waals surface area contributed by atoms with Gasteiger partial charge in [-0.1, -0.05) is 26.2 Å². The molecular formula is C12H22N4O2. The normalized spacial score (nSPS) is 27.3. The minimum absolute atomic E-state index is 0.0521. The van der Waals surface area contributed by atoms with Crippen LogP contribution < -0.4 is 5.84 Å². The molecule has 102 valence electrons. The zero-order chi connectivity index (χ0) is 13.2. The molecule has 2 aliphatic rings. The van der Waals surface area contributed by atoms with Gasteiger partial charge in [-0.3, -0.25) is 0 Å². The number of aliphatic imine (C=N–C) groups is 2. The number of hydrazine groups is 1. The van der Waals surface area contributed by atoms with Crippen molar-refractivity contribution in [2.45, 2.75) is 45.2 Å². The molecule has 0 amide bonds. The molecule has 0 aromatic heterocycles. The van der Waals surface area contributed by atoms with Gasteiger partial charge in [0, 0.05) is 5.41 Å². The number of hydrogen-bond donors (Lipinski definition) is 1. The van der Waals surface area contributed by atoms with Gasteiger partial charge in [-0.2, -0.15) is 0 Å². The lowest BCUT2D eigenvalue weighted by Crippen LogP contribution is -2.55. The average Bonchev–Trinajstić information content (AvgIpc) is 2.39. The first kappa shape index (κ1) is 13.1. The maximum absolute atomic E-state index is 6.08. The average molecular weight is 254 g/mol. The topological polar surface area (TPSA) is 72.4 Å². The van der Waals surface area contributed by atoms with Gasteiger partial charge in [0.2, 0.25) is 0 Å². The van der Waals surface area contributed by atoms with Crippen molar-refractivity contribution in [2.24, 2.45) is 21.2 Å². The number of ether oxygens (including phenoxy) is 2. The molecule has 1 heterocycles. The van der Waals surface area contributed by atoms with E-state index in [1.54, 1.807) is 14.2 Å². The Morgan fingerprint density at radius 2 is 1.89 bits per heavy atom. The van der Waals surface area contributed by atoms with Gasteiger partial charge in [0.1, 0.15) is 0 Å². The monoisotopic (exact) mass is 254 g/mol. The molecule has 0 bridgehead atoms. The summed E-state index contributed by atoms with van der Waals surface area (Å²) < 4.78 is 10.3. The largest absolute Gasteiger partial charge is 0.467 e. The van der Waals surface area contributed by atoms with Crippen molar-refractivity contribution < 1.29 is 9.47 Å². The molecule has 1 atom stereocenters. The number of rotatable bonds is 1. The highest BCUT2D eigenvalue weighted by molar-refractivity contribution is 5.91. The number of methoxy groups -OCH3 is 2. The fraction of sp³-hybridized carbons (Fsp3) is 0.833. The molecule has 2 N–H and O–H groups in total. The van der Waals surface area contributed by atoms with Crippen LogP contribution in [0.15, 0.2) is 9.98 Å². The van der Waals surface area contributed by atoms with Crippen molar-refractivity contribution in [3.63, 3.8) is 0 Å². The molecule has 0 aromatic rings. The third-order valence-electron chi connectivity index (χ3n) is 3.89. The quantitative estimate of drug-likeness (QED) is 0.719. The van der Waals surface area contributed by atoms with Gasteiger partial charge in [0.05, 0.1) is 14.2 Å². The van der Waals surface area contributed by atoms with Crippen LogP contribution in [-0.4, -0.2) is 37.4 Å². The fourth-order valence-electron chi connectivity index (χ4n) is 2.80. The lowest BCUT2D eigenvalue weighted by atomic mass is 9.73. The van der Waals surface area contributed by atoms with E-state index in [0.717, 1.165) is 12.8 Å². The van der Waals surface area contributed by atoms with Crippen LogP contribution in [0, 0.1) is 5.41 Å². The summed E-state index contributed by atoms with van der Waals surface area (Å²) in [7, 11) is 3.11. The molecule has 1 fully saturated rings. The summed E-state index contributed by atoms with van der Waals surface area (Å²) in [5, 5.41) is 1.52. The smallest absolute Gasteiger partial charge is 0.318 e. The van der Waals surface area contributed by atoms with Crippen LogP contribution in [0.2, 0.25) is 0 Å². The van der Waals surface area contributed by atoms with E-state index < -0.39 is 0 Å². The number of nitrogens with two attached hydrogens (primary N) is 1. The molecule has 1 aliphatic heterocycles. The highest BCUT2D eigenvalue weighted by atomic mass is 16.5. The highest BCUT2D eigenvalue weighted by Gasteiger charge is 2.42. The first-order valence-electron chi connectivity index (χ1n) is 6.39. The summed E-state index contributed by atoms with van der Waals surface area (Å²) in [5.41, 5.74) is 0.0521. The van der Waals surface area contributed by atoms with Gasteiger partial charge >= 0.3 is 12.0 Å². The molecule has 0 spiro atoms. The SMILES string of the molecule is COC1=NC(C2(C)CCCCC2)N(N)C(OC)=N1. The standard InChI is InChI=1S/C12H22N4O2/c1-12(7-5-4-6-8-12)9-14-10(17-2)15-11(18-3)16(9)13/h9H,4-8,13H2,1-3H3. The van der Waals surface area contributed by atoms with E-state index in [9.17, 15) is 0 Å². The lowest BCUT2D eigenvalue weighted by Gasteiger charge is -2.43. The van der Waals surface area contributed by atoms with Crippen LogP contribution >= 0.6 is 0 Å². The molecule has 0 radical (unpaired) electrons. The zero-order valence-corrected chi connectivity index (χ0v) is 11.3. The van der Waals surface area contributed by atoms with Gasteiger partial charge in [-0.25, -0.2) is 15.8 Å². The van der Waals surface area contributed by atoms with E-state index in [1.165, 1.54) is 24.3 Å².